The zero-order valence-corrected chi connectivity index (χ0v) is 19.1. The summed E-state index contributed by atoms with van der Waals surface area (Å²) in [5, 5.41) is 0.346. The van der Waals surface area contributed by atoms with Crippen molar-refractivity contribution in [2.75, 3.05) is 11.4 Å². The summed E-state index contributed by atoms with van der Waals surface area (Å²) in [5.41, 5.74) is -3.42. The Balaban J connectivity index is 1.73. The molecule has 2 heterocycles. The van der Waals surface area contributed by atoms with Crippen molar-refractivity contribution in [1.82, 2.24) is 14.3 Å². The van der Waals surface area contributed by atoms with Crippen molar-refractivity contribution >= 4 is 27.3 Å². The van der Waals surface area contributed by atoms with E-state index in [0.29, 0.717) is 39.5 Å². The van der Waals surface area contributed by atoms with Crippen LogP contribution in [0.15, 0.2) is 30.7 Å². The van der Waals surface area contributed by atoms with E-state index in [1.54, 1.807) is 30.7 Å². The van der Waals surface area contributed by atoms with Gasteiger partial charge in [0.25, 0.3) is 0 Å². The van der Waals surface area contributed by atoms with E-state index in [0.717, 1.165) is 25.0 Å². The Kier molecular flexibility index (Phi) is 6.74. The zero-order valence-electron chi connectivity index (χ0n) is 17.5. The van der Waals surface area contributed by atoms with Crippen LogP contribution in [-0.4, -0.2) is 40.8 Å². The number of benzene rings is 1. The number of hydrogen-bond acceptors (Lipinski definition) is 4. The van der Waals surface area contributed by atoms with Crippen molar-refractivity contribution in [3.8, 4) is 0 Å². The number of nitrogens with one attached hydrogen (secondary N) is 1. The number of imidazole rings is 1. The molecule has 0 radical (unpaired) electrons. The Bertz CT molecular complexity index is 1020. The number of H-pyrrole nitrogens is 1. The molecule has 0 saturated heterocycles. The highest BCUT2D eigenvalue weighted by atomic mass is 35.5. The van der Waals surface area contributed by atoms with E-state index in [-0.39, 0.29) is 13.1 Å². The quantitative estimate of drug-likeness (QED) is 0.613. The number of sulfonamides is 1. The molecule has 6 nitrogen and oxygen atoms in total. The maximum Gasteiger partial charge on any atom is 0.511 e. The number of aromatic amines is 1. The highest BCUT2D eigenvalue weighted by Gasteiger charge is 2.51. The number of halogens is 4. The summed E-state index contributed by atoms with van der Waals surface area (Å²) in [6.45, 7) is -0.240. The molecule has 0 unspecified atom stereocenters. The minimum absolute atomic E-state index is 0.241. The molecule has 1 aromatic heterocycles. The molecular weight excluding hydrogens is 465 g/mol. The number of nitrogens with zero attached hydrogens (tertiary/aromatic N) is 3. The van der Waals surface area contributed by atoms with Gasteiger partial charge in [0, 0.05) is 36.0 Å². The highest BCUT2D eigenvalue weighted by Crippen LogP contribution is 2.38. The molecule has 11 heteroatoms. The Morgan fingerprint density at radius 3 is 2.59 bits per heavy atom. The lowest BCUT2D eigenvalue weighted by Gasteiger charge is -2.34. The summed E-state index contributed by atoms with van der Waals surface area (Å²) in [6, 6.07) is 4.58. The average Bonchev–Trinajstić information content (AvgIpc) is 3.40. The monoisotopic (exact) mass is 490 g/mol. The van der Waals surface area contributed by atoms with Crippen LogP contribution in [0.5, 0.6) is 0 Å². The van der Waals surface area contributed by atoms with Crippen LogP contribution >= 0.6 is 11.6 Å². The van der Waals surface area contributed by atoms with Crippen LogP contribution in [0.2, 0.25) is 5.02 Å². The maximum atomic E-state index is 13.5. The first-order valence-electron chi connectivity index (χ1n) is 10.7. The van der Waals surface area contributed by atoms with Crippen molar-refractivity contribution in [3.63, 3.8) is 0 Å². The Hall–Kier alpha value is -1.78. The van der Waals surface area contributed by atoms with Gasteiger partial charge in [0.05, 0.1) is 18.6 Å². The SMILES string of the molecule is O=S(=O)(N1Cc2cc(Cl)ccc2N(Cc2cnc[nH]2)[C@H](CCC2CCCC2)C1)C(F)(F)F. The van der Waals surface area contributed by atoms with E-state index in [1.807, 2.05) is 4.90 Å². The first-order chi connectivity index (χ1) is 15.1. The predicted molar refractivity (Wildman–Crippen MR) is 117 cm³/mol. The standard InChI is InChI=1S/C21H26ClF3N4O2S/c22-17-6-8-20-16(9-17)11-28(32(30,31)21(23,24)25)13-19(7-5-15-3-1-2-4-15)29(20)12-18-10-26-14-27-18/h6,8-10,14-15,19H,1-5,7,11-13H2,(H,26,27)/t19-/m1/s1. The second-order valence-corrected chi connectivity index (χ2v) is 11.0. The molecule has 2 aromatic rings. The lowest BCUT2D eigenvalue weighted by Crippen LogP contribution is -2.47. The molecule has 0 bridgehead atoms. The maximum absolute atomic E-state index is 13.5. The van der Waals surface area contributed by atoms with Gasteiger partial charge >= 0.3 is 15.5 Å². The van der Waals surface area contributed by atoms with Crippen LogP contribution in [0, 0.1) is 5.92 Å². The third kappa shape index (κ3) is 4.92. The molecule has 4 rings (SSSR count). The van der Waals surface area contributed by atoms with E-state index in [2.05, 4.69) is 9.97 Å². The van der Waals surface area contributed by atoms with Gasteiger partial charge in [-0.3, -0.25) is 0 Å². The van der Waals surface area contributed by atoms with Crippen molar-refractivity contribution < 1.29 is 21.6 Å². The van der Waals surface area contributed by atoms with Crippen LogP contribution in [-0.2, 0) is 23.1 Å². The first kappa shape index (κ1) is 23.4. The molecule has 0 spiro atoms. The Labute approximate surface area is 190 Å². The van der Waals surface area contributed by atoms with Crippen LogP contribution in [0.4, 0.5) is 18.9 Å². The van der Waals surface area contributed by atoms with Gasteiger partial charge in [-0.15, -0.1) is 0 Å². The molecule has 1 aliphatic carbocycles. The second kappa shape index (κ2) is 9.23. The number of fused-ring (bicyclic) bond motifs is 1. The highest BCUT2D eigenvalue weighted by molar-refractivity contribution is 7.89. The molecule has 1 atom stereocenters. The second-order valence-electron chi connectivity index (χ2n) is 8.60. The van der Waals surface area contributed by atoms with Gasteiger partial charge in [-0.05, 0) is 42.5 Å². The largest absolute Gasteiger partial charge is 0.511 e. The summed E-state index contributed by atoms with van der Waals surface area (Å²) in [5.74, 6) is 0.532. The molecule has 1 saturated carbocycles. The third-order valence-corrected chi connectivity index (χ3v) is 8.24. The average molecular weight is 491 g/mol. The Morgan fingerprint density at radius 1 is 1.19 bits per heavy atom. The number of rotatable bonds is 6. The number of hydrogen-bond donors (Lipinski definition) is 1. The van der Waals surface area contributed by atoms with Crippen LogP contribution < -0.4 is 4.90 Å². The first-order valence-corrected chi connectivity index (χ1v) is 12.6. The fraction of sp³-hybridized carbons (Fsp3) is 0.571. The van der Waals surface area contributed by atoms with E-state index in [9.17, 15) is 21.6 Å². The molecule has 2 aliphatic rings. The molecule has 1 fully saturated rings. The van der Waals surface area contributed by atoms with Gasteiger partial charge in [0.2, 0.25) is 0 Å². The molecule has 0 amide bonds. The summed E-state index contributed by atoms with van der Waals surface area (Å²) in [6.07, 6.45) is 9.24. The van der Waals surface area contributed by atoms with Gasteiger partial charge < -0.3 is 9.88 Å². The van der Waals surface area contributed by atoms with Crippen LogP contribution in [0.1, 0.15) is 49.8 Å². The molecule has 1 aliphatic heterocycles. The molecule has 1 aromatic carbocycles. The van der Waals surface area contributed by atoms with E-state index in [1.165, 1.54) is 12.8 Å². The number of aromatic nitrogens is 2. The fourth-order valence-corrected chi connectivity index (χ4v) is 5.98. The summed E-state index contributed by atoms with van der Waals surface area (Å²) in [4.78, 5) is 9.08. The van der Waals surface area contributed by atoms with Gasteiger partial charge in [-0.1, -0.05) is 37.3 Å². The lowest BCUT2D eigenvalue weighted by atomic mass is 9.97. The Morgan fingerprint density at radius 2 is 1.94 bits per heavy atom. The summed E-state index contributed by atoms with van der Waals surface area (Å²) < 4.78 is 65.9. The van der Waals surface area contributed by atoms with Crippen molar-refractivity contribution in [3.05, 3.63) is 47.0 Å². The minimum Gasteiger partial charge on any atom is -0.361 e. The normalized spacial score (nSPS) is 21.0. The van der Waals surface area contributed by atoms with E-state index < -0.39 is 21.6 Å². The van der Waals surface area contributed by atoms with E-state index in [4.69, 9.17) is 11.6 Å². The van der Waals surface area contributed by atoms with Gasteiger partial charge in [-0.2, -0.15) is 17.5 Å². The molecule has 176 valence electrons. The van der Waals surface area contributed by atoms with Crippen LogP contribution in [0.3, 0.4) is 0 Å². The van der Waals surface area contributed by atoms with Crippen molar-refractivity contribution in [2.24, 2.45) is 5.92 Å². The topological polar surface area (TPSA) is 69.3 Å². The number of anilines is 1. The van der Waals surface area contributed by atoms with E-state index >= 15 is 0 Å². The zero-order chi connectivity index (χ0) is 22.9. The minimum atomic E-state index is -5.49. The third-order valence-electron chi connectivity index (χ3n) is 6.46. The predicted octanol–water partition coefficient (Wildman–Crippen LogP) is 5.07. The lowest BCUT2D eigenvalue weighted by molar-refractivity contribution is -0.0492. The smallest absolute Gasteiger partial charge is 0.361 e. The van der Waals surface area contributed by atoms with Gasteiger partial charge in [0.1, 0.15) is 0 Å². The molecule has 32 heavy (non-hydrogen) atoms. The van der Waals surface area contributed by atoms with Crippen LogP contribution in [0.25, 0.3) is 0 Å². The fourth-order valence-electron chi connectivity index (χ4n) is 4.82. The molecular formula is C21H26ClF3N4O2S. The van der Waals surface area contributed by atoms with Crippen molar-refractivity contribution in [1.29, 1.82) is 0 Å². The van der Waals surface area contributed by atoms with Gasteiger partial charge in [-0.25, -0.2) is 13.4 Å². The van der Waals surface area contributed by atoms with Crippen molar-refractivity contribution in [2.45, 2.75) is 63.2 Å². The summed E-state index contributed by atoms with van der Waals surface area (Å²) >= 11 is 6.13. The van der Waals surface area contributed by atoms with Gasteiger partial charge in [0.15, 0.2) is 0 Å². The summed E-state index contributed by atoms with van der Waals surface area (Å²) in [7, 11) is -5.49. The number of alkyl halides is 3. The molecule has 1 N–H and O–H groups in total.